The Morgan fingerprint density at radius 1 is 0.773 bits per heavy atom. The molecule has 44 heavy (non-hydrogen) atoms. The molecule has 0 fully saturated rings. The fraction of sp³-hybridized carbons (Fsp3) is 0.862. The predicted octanol–water partition coefficient (Wildman–Crippen LogP) is 0.429. The van der Waals surface area contributed by atoms with Crippen molar-refractivity contribution in [3.63, 3.8) is 0 Å². The number of ether oxygens (including phenoxy) is 1. The van der Waals surface area contributed by atoms with E-state index in [4.69, 9.17) is 9.29 Å². The number of unbranched alkanes of at least 4 members (excludes halogenated alkanes) is 12. The molecule has 4 amide bonds. The van der Waals surface area contributed by atoms with Gasteiger partial charge < -0.3 is 36.1 Å². The van der Waals surface area contributed by atoms with Gasteiger partial charge in [0, 0.05) is 26.2 Å². The second-order valence-electron chi connectivity index (χ2n) is 10.7. The standard InChI is InChI=1S/C29H57N5O8S.Na/c1-3-4-5-6-7-8-9-10-13-19-26(35)30-20-17-14-18-25(27(36)42-2)34-29(38)32-22-16-12-11-15-21-31-28(37)33-23-24-43(39,40)41;/h25H,3-24H2,1-2H3,(H,30,35)(H2,31,33,37)(H2,32,34,38)(H,39,40,41);/q;+1/p-1/t25-;/m0./s1. The molecule has 15 heteroatoms. The molecule has 0 aromatic heterocycles. The summed E-state index contributed by atoms with van der Waals surface area (Å²) in [4.78, 5) is 39.9. The molecular weight excluding hydrogens is 601 g/mol. The Bertz CT molecular complexity index is 893. The first-order valence-corrected chi connectivity index (χ1v) is 17.5. The molecule has 0 unspecified atom stereocenters. The number of methoxy groups -OCH3 is 1. The summed E-state index contributed by atoms with van der Waals surface area (Å²) in [5.74, 6) is -1.14. The monoisotopic (exact) mass is 657 g/mol. The number of amides is 4. The Hall–Kier alpha value is -1.61. The second kappa shape index (κ2) is 30.1. The number of carbonyl (C=O) groups is 3. The minimum Gasteiger partial charge on any atom is -0.862 e. The molecule has 0 rings (SSSR count). The number of aliphatic imine (C=N–C) groups is 1. The van der Waals surface area contributed by atoms with Gasteiger partial charge in [0.15, 0.2) is 0 Å². The Morgan fingerprint density at radius 2 is 1.30 bits per heavy atom. The Balaban J connectivity index is 0. The zero-order valence-corrected chi connectivity index (χ0v) is 30.1. The van der Waals surface area contributed by atoms with E-state index in [2.05, 4.69) is 33.2 Å². The van der Waals surface area contributed by atoms with Gasteiger partial charge in [0.1, 0.15) is 6.04 Å². The summed E-state index contributed by atoms with van der Waals surface area (Å²) in [6.07, 6.45) is 16.0. The van der Waals surface area contributed by atoms with Gasteiger partial charge in [-0.1, -0.05) is 71.1 Å². The first kappa shape index (κ1) is 44.5. The predicted molar refractivity (Wildman–Crippen MR) is 167 cm³/mol. The summed E-state index contributed by atoms with van der Waals surface area (Å²) in [7, 11) is -2.83. The summed E-state index contributed by atoms with van der Waals surface area (Å²) in [6, 6.07) is -1.74. The van der Waals surface area contributed by atoms with E-state index in [9.17, 15) is 27.9 Å². The van der Waals surface area contributed by atoms with Gasteiger partial charge in [-0.3, -0.25) is 4.55 Å². The maximum Gasteiger partial charge on any atom is 1.00 e. The molecule has 0 aliphatic carbocycles. The van der Waals surface area contributed by atoms with Gasteiger partial charge in [-0.15, -0.1) is 0 Å². The largest absolute Gasteiger partial charge is 1.00 e. The maximum absolute atomic E-state index is 12.2. The molecule has 252 valence electrons. The maximum atomic E-state index is 12.2. The van der Waals surface area contributed by atoms with E-state index in [1.54, 1.807) is 0 Å². The molecule has 0 saturated heterocycles. The first-order valence-electron chi connectivity index (χ1n) is 15.9. The molecular formula is C29H56N5NaO8S. The number of carbonyl (C=O) groups excluding carboxylic acids is 3. The SMILES string of the molecule is CCCCCCCCCCCC([O-])=NCCCC[C@H](NC(=O)NCCCCCCNC(=O)NCCS(=O)(=O)O)C(=O)OC.[Na+]. The summed E-state index contributed by atoms with van der Waals surface area (Å²) >= 11 is 0. The number of hydrogen-bond donors (Lipinski definition) is 5. The van der Waals surface area contributed by atoms with Gasteiger partial charge in [0.05, 0.1) is 12.9 Å². The average Bonchev–Trinajstić information content (AvgIpc) is 2.95. The van der Waals surface area contributed by atoms with Crippen LogP contribution in [0.1, 0.15) is 116 Å². The smallest absolute Gasteiger partial charge is 0.862 e. The van der Waals surface area contributed by atoms with E-state index in [1.165, 1.54) is 52.1 Å². The summed E-state index contributed by atoms with van der Waals surface area (Å²) in [6.45, 7) is 3.28. The number of nitrogens with one attached hydrogen (secondary N) is 4. The third kappa shape index (κ3) is 30.4. The summed E-state index contributed by atoms with van der Waals surface area (Å²) in [5, 5.41) is 22.3. The topological polar surface area (TPSA) is 198 Å². The molecule has 13 nitrogen and oxygen atoms in total. The molecule has 0 aromatic rings. The molecule has 0 aliphatic rings. The average molecular weight is 658 g/mol. The second-order valence-corrected chi connectivity index (χ2v) is 12.3. The minimum atomic E-state index is -4.11. The molecule has 0 bridgehead atoms. The van der Waals surface area contributed by atoms with Crippen LogP contribution in [0.15, 0.2) is 4.99 Å². The van der Waals surface area contributed by atoms with E-state index in [1.807, 2.05) is 0 Å². The zero-order valence-electron chi connectivity index (χ0n) is 27.3. The fourth-order valence-electron chi connectivity index (χ4n) is 4.29. The van der Waals surface area contributed by atoms with Crippen molar-refractivity contribution in [3.05, 3.63) is 0 Å². The van der Waals surface area contributed by atoms with E-state index >= 15 is 0 Å². The fourth-order valence-corrected chi connectivity index (χ4v) is 4.65. The quantitative estimate of drug-likeness (QED) is 0.0209. The summed E-state index contributed by atoms with van der Waals surface area (Å²) < 4.78 is 34.6. The minimum absolute atomic E-state index is 0. The Labute approximate surface area is 286 Å². The van der Waals surface area contributed by atoms with Crippen LogP contribution in [0.25, 0.3) is 0 Å². The van der Waals surface area contributed by atoms with Crippen LogP contribution in [0.5, 0.6) is 0 Å². The van der Waals surface area contributed by atoms with Gasteiger partial charge >= 0.3 is 47.6 Å². The van der Waals surface area contributed by atoms with Crippen molar-refractivity contribution in [1.29, 1.82) is 0 Å². The van der Waals surface area contributed by atoms with Gasteiger partial charge in [-0.2, -0.15) is 8.42 Å². The molecule has 0 heterocycles. The van der Waals surface area contributed by atoms with Crippen LogP contribution in [0.2, 0.25) is 0 Å². The van der Waals surface area contributed by atoms with Crippen LogP contribution in [0.3, 0.4) is 0 Å². The van der Waals surface area contributed by atoms with E-state index in [0.717, 1.165) is 25.7 Å². The van der Waals surface area contributed by atoms with Crippen LogP contribution < -0.4 is 55.9 Å². The van der Waals surface area contributed by atoms with Crippen molar-refractivity contribution in [2.24, 2.45) is 4.99 Å². The molecule has 0 aromatic carbocycles. The van der Waals surface area contributed by atoms with Gasteiger partial charge in [-0.05, 0) is 50.8 Å². The third-order valence-electron chi connectivity index (χ3n) is 6.79. The molecule has 0 radical (unpaired) electrons. The van der Waals surface area contributed by atoms with Crippen LogP contribution >= 0.6 is 0 Å². The van der Waals surface area contributed by atoms with Crippen molar-refractivity contribution in [2.75, 3.05) is 39.0 Å². The van der Waals surface area contributed by atoms with Gasteiger partial charge in [-0.25, -0.2) is 14.4 Å². The molecule has 5 N–H and O–H groups in total. The Morgan fingerprint density at radius 3 is 1.86 bits per heavy atom. The molecule has 0 aliphatic heterocycles. The van der Waals surface area contributed by atoms with E-state index < -0.39 is 39.9 Å². The third-order valence-corrected chi connectivity index (χ3v) is 7.51. The normalized spacial score (nSPS) is 12.1. The van der Waals surface area contributed by atoms with Crippen LogP contribution in [0, 0.1) is 0 Å². The number of nitrogens with zero attached hydrogens (tertiary/aromatic N) is 1. The van der Waals surface area contributed by atoms with Crippen molar-refractivity contribution < 1.29 is 66.8 Å². The number of urea groups is 2. The van der Waals surface area contributed by atoms with E-state index in [-0.39, 0.29) is 42.0 Å². The molecule has 0 saturated carbocycles. The molecule has 0 spiro atoms. The van der Waals surface area contributed by atoms with Crippen LogP contribution in [-0.4, -0.2) is 82.0 Å². The van der Waals surface area contributed by atoms with Crippen molar-refractivity contribution in [2.45, 2.75) is 122 Å². The van der Waals surface area contributed by atoms with Gasteiger partial charge in [0.25, 0.3) is 10.1 Å². The van der Waals surface area contributed by atoms with Crippen molar-refractivity contribution >= 4 is 34.0 Å². The summed E-state index contributed by atoms with van der Waals surface area (Å²) in [5.41, 5.74) is 0. The van der Waals surface area contributed by atoms with Crippen LogP contribution in [-0.2, 0) is 19.6 Å². The van der Waals surface area contributed by atoms with Crippen molar-refractivity contribution in [3.8, 4) is 0 Å². The Kier molecular flexibility index (Phi) is 30.4. The van der Waals surface area contributed by atoms with Crippen molar-refractivity contribution in [1.82, 2.24) is 21.3 Å². The number of hydrogen-bond acceptors (Lipinski definition) is 8. The zero-order chi connectivity index (χ0) is 32.2. The van der Waals surface area contributed by atoms with Gasteiger partial charge in [0.2, 0.25) is 0 Å². The number of esters is 1. The number of rotatable bonds is 27. The first-order chi connectivity index (χ1) is 20.6. The molecule has 1 atom stereocenters. The van der Waals surface area contributed by atoms with E-state index in [0.29, 0.717) is 58.2 Å². The van der Waals surface area contributed by atoms with Crippen LogP contribution in [0.4, 0.5) is 9.59 Å².